The molecule has 0 N–H and O–H groups in total. The van der Waals surface area contributed by atoms with Crippen molar-refractivity contribution < 1.29 is 4.79 Å². The van der Waals surface area contributed by atoms with E-state index >= 15 is 0 Å². The Hall–Kier alpha value is -0.370. The molecule has 0 aromatic rings. The van der Waals surface area contributed by atoms with Crippen molar-refractivity contribution in [1.29, 1.82) is 0 Å². The summed E-state index contributed by atoms with van der Waals surface area (Å²) in [4.78, 5) is 12.3. The van der Waals surface area contributed by atoms with Crippen molar-refractivity contribution in [3.8, 4) is 0 Å². The molecule has 0 unspecified atom stereocenters. The highest BCUT2D eigenvalue weighted by atomic mass is 16.1. The summed E-state index contributed by atoms with van der Waals surface area (Å²) in [6.07, 6.45) is 3.27. The topological polar surface area (TPSA) is 20.3 Å². The monoisotopic (exact) mass is 113 g/mol. The Morgan fingerprint density at radius 3 is 2.75 bits per heavy atom. The third-order valence-electron chi connectivity index (χ3n) is 1.73. The van der Waals surface area contributed by atoms with Crippen LogP contribution in [0.5, 0.6) is 0 Å². The lowest BCUT2D eigenvalue weighted by Crippen LogP contribution is -2.25. The second-order valence-corrected chi connectivity index (χ2v) is 2.33. The van der Waals surface area contributed by atoms with Gasteiger partial charge in [0.2, 0.25) is 0 Å². The maximum atomic E-state index is 10.2. The Balaban J connectivity index is 2.41. The van der Waals surface area contributed by atoms with Crippen molar-refractivity contribution in [1.82, 2.24) is 4.90 Å². The predicted octanol–water partition coefficient (Wildman–Crippen LogP) is 0.279. The van der Waals surface area contributed by atoms with Gasteiger partial charge < -0.3 is 4.79 Å². The summed E-state index contributed by atoms with van der Waals surface area (Å²) in [6, 6.07) is 0.218. The maximum absolute atomic E-state index is 10.2. The zero-order valence-electron chi connectivity index (χ0n) is 5.13. The molecule has 0 aromatic carbocycles. The number of nitrogens with zero attached hydrogens (tertiary/aromatic N) is 1. The first-order valence-corrected chi connectivity index (χ1v) is 3.00. The predicted molar refractivity (Wildman–Crippen MR) is 31.7 cm³/mol. The van der Waals surface area contributed by atoms with Crippen molar-refractivity contribution in [2.75, 3.05) is 13.6 Å². The average Bonchev–Trinajstić information content (AvgIpc) is 2.14. The smallest absolute Gasteiger partial charge is 0.137 e. The lowest BCUT2D eigenvalue weighted by molar-refractivity contribution is -0.111. The highest BCUT2D eigenvalue weighted by molar-refractivity contribution is 5.57. The van der Waals surface area contributed by atoms with Crippen molar-refractivity contribution in [2.24, 2.45) is 0 Å². The molecule has 46 valence electrons. The van der Waals surface area contributed by atoms with Gasteiger partial charge in [0.25, 0.3) is 0 Å². The van der Waals surface area contributed by atoms with Crippen LogP contribution in [-0.4, -0.2) is 30.8 Å². The fraction of sp³-hybridized carbons (Fsp3) is 0.833. The van der Waals surface area contributed by atoms with Crippen LogP contribution in [0, 0.1) is 0 Å². The Morgan fingerprint density at radius 1 is 1.75 bits per heavy atom. The summed E-state index contributed by atoms with van der Waals surface area (Å²) in [5.74, 6) is 0. The third-order valence-corrected chi connectivity index (χ3v) is 1.73. The van der Waals surface area contributed by atoms with Crippen molar-refractivity contribution in [3.63, 3.8) is 0 Å². The molecule has 1 fully saturated rings. The maximum Gasteiger partial charge on any atom is 0.137 e. The number of carbonyl (C=O) groups excluding carboxylic acids is 1. The summed E-state index contributed by atoms with van der Waals surface area (Å²) in [6.45, 7) is 1.09. The summed E-state index contributed by atoms with van der Waals surface area (Å²) in [7, 11) is 1.99. The fourth-order valence-corrected chi connectivity index (χ4v) is 1.11. The zero-order chi connectivity index (χ0) is 5.98. The molecule has 1 rings (SSSR count). The van der Waals surface area contributed by atoms with E-state index in [1.807, 2.05) is 7.05 Å². The molecular weight excluding hydrogens is 102 g/mol. The largest absolute Gasteiger partial charge is 0.302 e. The van der Waals surface area contributed by atoms with Crippen molar-refractivity contribution >= 4 is 6.29 Å². The molecule has 8 heavy (non-hydrogen) atoms. The summed E-state index contributed by atoms with van der Waals surface area (Å²) >= 11 is 0. The first-order valence-electron chi connectivity index (χ1n) is 3.00. The van der Waals surface area contributed by atoms with Gasteiger partial charge in [-0.25, -0.2) is 0 Å². The lowest BCUT2D eigenvalue weighted by atomic mass is 10.2. The molecule has 1 saturated heterocycles. The number of carbonyl (C=O) groups is 1. The van der Waals surface area contributed by atoms with Crippen molar-refractivity contribution in [2.45, 2.75) is 18.9 Å². The van der Waals surface area contributed by atoms with Gasteiger partial charge in [0.15, 0.2) is 0 Å². The second-order valence-electron chi connectivity index (χ2n) is 2.33. The van der Waals surface area contributed by atoms with Gasteiger partial charge in [0.05, 0.1) is 6.04 Å². The molecule has 0 aromatic heterocycles. The average molecular weight is 113 g/mol. The minimum Gasteiger partial charge on any atom is -0.302 e. The number of likely N-dealkylation sites (N-methyl/N-ethyl adjacent to an activating group) is 1. The molecule has 1 atom stereocenters. The zero-order valence-corrected chi connectivity index (χ0v) is 5.13. The van der Waals surface area contributed by atoms with Gasteiger partial charge in [-0.3, -0.25) is 4.90 Å². The van der Waals surface area contributed by atoms with Crippen molar-refractivity contribution in [3.05, 3.63) is 0 Å². The number of aldehydes is 1. The van der Waals surface area contributed by atoms with E-state index in [1.165, 1.54) is 6.42 Å². The number of hydrogen-bond donors (Lipinski definition) is 0. The van der Waals surface area contributed by atoms with E-state index in [0.29, 0.717) is 0 Å². The molecular formula is C6H11NO. The molecule has 1 aliphatic rings. The first kappa shape index (κ1) is 5.76. The Morgan fingerprint density at radius 2 is 2.50 bits per heavy atom. The van der Waals surface area contributed by atoms with Gasteiger partial charge in [-0.15, -0.1) is 0 Å². The van der Waals surface area contributed by atoms with Crippen LogP contribution in [0.2, 0.25) is 0 Å². The van der Waals surface area contributed by atoms with Gasteiger partial charge in [0.1, 0.15) is 6.29 Å². The van der Waals surface area contributed by atoms with Crippen LogP contribution < -0.4 is 0 Å². The molecule has 0 amide bonds. The molecule has 0 radical (unpaired) electrons. The van der Waals surface area contributed by atoms with Crippen LogP contribution in [-0.2, 0) is 4.79 Å². The van der Waals surface area contributed by atoms with Crippen LogP contribution in [0.1, 0.15) is 12.8 Å². The molecule has 1 aliphatic heterocycles. The summed E-state index contributed by atoms with van der Waals surface area (Å²) < 4.78 is 0. The first-order chi connectivity index (χ1) is 3.84. The van der Waals surface area contributed by atoms with Gasteiger partial charge in [-0.2, -0.15) is 0 Å². The molecule has 0 spiro atoms. The molecule has 1 heterocycles. The van der Waals surface area contributed by atoms with E-state index in [9.17, 15) is 4.79 Å². The molecule has 2 nitrogen and oxygen atoms in total. The van der Waals surface area contributed by atoms with E-state index in [-0.39, 0.29) is 6.04 Å². The molecule has 0 aliphatic carbocycles. The number of likely N-dealkylation sites (tertiary alicyclic amines) is 1. The minimum absolute atomic E-state index is 0.218. The Labute approximate surface area is 49.5 Å². The van der Waals surface area contributed by atoms with Gasteiger partial charge in [-0.05, 0) is 26.4 Å². The van der Waals surface area contributed by atoms with E-state index in [1.54, 1.807) is 0 Å². The van der Waals surface area contributed by atoms with E-state index in [2.05, 4.69) is 4.90 Å². The third kappa shape index (κ3) is 0.892. The van der Waals surface area contributed by atoms with Gasteiger partial charge >= 0.3 is 0 Å². The number of hydrogen-bond acceptors (Lipinski definition) is 2. The van der Waals surface area contributed by atoms with Crippen LogP contribution in [0.25, 0.3) is 0 Å². The SMILES string of the molecule is CN1CCC[C@@H]1C=O. The van der Waals surface area contributed by atoms with Crippen LogP contribution in [0.15, 0.2) is 0 Å². The number of rotatable bonds is 1. The van der Waals surface area contributed by atoms with Crippen LogP contribution in [0.4, 0.5) is 0 Å². The van der Waals surface area contributed by atoms with Crippen LogP contribution in [0.3, 0.4) is 0 Å². The van der Waals surface area contributed by atoms with Gasteiger partial charge in [-0.1, -0.05) is 0 Å². The standard InChI is InChI=1S/C6H11NO/c1-7-4-2-3-6(7)5-8/h5-6H,2-4H2,1H3/t6-/m1/s1. The highest BCUT2D eigenvalue weighted by Gasteiger charge is 2.18. The van der Waals surface area contributed by atoms with E-state index in [4.69, 9.17) is 0 Å². The molecule has 2 heteroatoms. The Bertz CT molecular complexity index is 92.5. The normalized spacial score (nSPS) is 30.9. The highest BCUT2D eigenvalue weighted by Crippen LogP contribution is 2.11. The van der Waals surface area contributed by atoms with E-state index < -0.39 is 0 Å². The minimum atomic E-state index is 0.218. The van der Waals surface area contributed by atoms with Crippen LogP contribution >= 0.6 is 0 Å². The fourth-order valence-electron chi connectivity index (χ4n) is 1.11. The Kier molecular flexibility index (Phi) is 1.63. The van der Waals surface area contributed by atoms with Gasteiger partial charge in [0, 0.05) is 0 Å². The molecule has 0 bridgehead atoms. The van der Waals surface area contributed by atoms with E-state index in [0.717, 1.165) is 19.3 Å². The second kappa shape index (κ2) is 2.27. The lowest BCUT2D eigenvalue weighted by Gasteiger charge is -2.10. The summed E-state index contributed by atoms with van der Waals surface area (Å²) in [5, 5.41) is 0. The summed E-state index contributed by atoms with van der Waals surface area (Å²) in [5.41, 5.74) is 0. The quantitative estimate of drug-likeness (QED) is 0.455. The molecule has 0 saturated carbocycles.